The van der Waals surface area contributed by atoms with E-state index in [1.807, 2.05) is 0 Å². The van der Waals surface area contributed by atoms with Gasteiger partial charge in [0.1, 0.15) is 5.82 Å². The summed E-state index contributed by atoms with van der Waals surface area (Å²) in [7, 11) is -3.19. The summed E-state index contributed by atoms with van der Waals surface area (Å²) in [6, 6.07) is 12.4. The predicted octanol–water partition coefficient (Wildman–Crippen LogP) is 3.39. The number of anilines is 1. The highest BCUT2D eigenvalue weighted by molar-refractivity contribution is 8.16. The van der Waals surface area contributed by atoms with Crippen molar-refractivity contribution in [2.24, 2.45) is 4.99 Å². The van der Waals surface area contributed by atoms with Crippen LogP contribution in [0.2, 0.25) is 5.02 Å². The number of fused-ring (bicyclic) bond motifs is 1. The number of rotatable bonds is 2. The maximum absolute atomic E-state index is 14.0. The third-order valence-corrected chi connectivity index (χ3v) is 7.98. The Bertz CT molecular complexity index is 1040. The zero-order chi connectivity index (χ0) is 19.2. The highest BCUT2D eigenvalue weighted by Gasteiger charge is 2.49. The number of halogens is 2. The van der Waals surface area contributed by atoms with Crippen LogP contribution in [0.15, 0.2) is 53.5 Å². The number of aliphatic imine (C=N–C) groups is 1. The van der Waals surface area contributed by atoms with E-state index in [4.69, 9.17) is 11.6 Å². The summed E-state index contributed by atoms with van der Waals surface area (Å²) in [5.41, 5.74) is 0.853. The first-order valence-electron chi connectivity index (χ1n) is 8.13. The summed E-state index contributed by atoms with van der Waals surface area (Å²) < 4.78 is 38.1. The van der Waals surface area contributed by atoms with Crippen molar-refractivity contribution in [3.05, 3.63) is 64.9 Å². The fourth-order valence-electron chi connectivity index (χ4n) is 3.23. The van der Waals surface area contributed by atoms with E-state index in [9.17, 15) is 17.6 Å². The van der Waals surface area contributed by atoms with Crippen molar-refractivity contribution in [2.45, 2.75) is 11.3 Å². The van der Waals surface area contributed by atoms with Crippen LogP contribution in [0.1, 0.15) is 10.4 Å². The van der Waals surface area contributed by atoms with Gasteiger partial charge in [0, 0.05) is 16.5 Å². The Morgan fingerprint density at radius 1 is 1.19 bits per heavy atom. The molecule has 0 bridgehead atoms. The molecule has 1 amide bonds. The monoisotopic (exact) mass is 424 g/mol. The lowest BCUT2D eigenvalue weighted by molar-refractivity contribution is 0.100. The van der Waals surface area contributed by atoms with Gasteiger partial charge in [-0.1, -0.05) is 41.6 Å². The van der Waals surface area contributed by atoms with E-state index in [1.165, 1.54) is 23.9 Å². The Morgan fingerprint density at radius 2 is 1.93 bits per heavy atom. The number of amidine groups is 1. The molecule has 0 aromatic heterocycles. The second kappa shape index (κ2) is 6.92. The number of hydrogen-bond donors (Lipinski definition) is 0. The van der Waals surface area contributed by atoms with Crippen LogP contribution in [0.25, 0.3) is 0 Å². The van der Waals surface area contributed by atoms with E-state index < -0.39 is 27.6 Å². The second-order valence-corrected chi connectivity index (χ2v) is 10.1. The highest BCUT2D eigenvalue weighted by atomic mass is 35.5. The SMILES string of the molecule is O=C(N=C1S[C@H]2CS(=O)(=O)C[C@H]2N1c1ccc(Cl)c(F)c1)c1ccccc1. The number of carbonyl (C=O) groups is 1. The van der Waals surface area contributed by atoms with Crippen molar-refractivity contribution >= 4 is 50.0 Å². The van der Waals surface area contributed by atoms with E-state index in [1.54, 1.807) is 41.3 Å². The number of hydrogen-bond acceptors (Lipinski definition) is 4. The Hall–Kier alpha value is -1.90. The van der Waals surface area contributed by atoms with Crippen LogP contribution in [0.3, 0.4) is 0 Å². The summed E-state index contributed by atoms with van der Waals surface area (Å²) in [5.74, 6) is -1.10. The summed E-state index contributed by atoms with van der Waals surface area (Å²) in [4.78, 5) is 18.3. The average molecular weight is 425 g/mol. The summed E-state index contributed by atoms with van der Waals surface area (Å²) in [6.07, 6.45) is 0. The van der Waals surface area contributed by atoms with Gasteiger partial charge >= 0.3 is 0 Å². The lowest BCUT2D eigenvalue weighted by atomic mass is 10.2. The molecule has 2 fully saturated rings. The molecule has 2 aromatic carbocycles. The van der Waals surface area contributed by atoms with Crippen molar-refractivity contribution in [3.63, 3.8) is 0 Å². The number of carbonyl (C=O) groups excluding carboxylic acids is 1. The summed E-state index contributed by atoms with van der Waals surface area (Å²) >= 11 is 7.01. The Kier molecular flexibility index (Phi) is 4.73. The van der Waals surface area contributed by atoms with Crippen molar-refractivity contribution in [3.8, 4) is 0 Å². The Morgan fingerprint density at radius 3 is 2.63 bits per heavy atom. The fourth-order valence-corrected chi connectivity index (χ4v) is 7.26. The predicted molar refractivity (Wildman–Crippen MR) is 106 cm³/mol. The lowest BCUT2D eigenvalue weighted by Crippen LogP contribution is -2.37. The molecule has 2 aromatic rings. The lowest BCUT2D eigenvalue weighted by Gasteiger charge is -2.24. The molecule has 5 nitrogen and oxygen atoms in total. The molecule has 0 unspecified atom stereocenters. The van der Waals surface area contributed by atoms with E-state index in [-0.39, 0.29) is 21.8 Å². The van der Waals surface area contributed by atoms with Crippen LogP contribution < -0.4 is 4.90 Å². The highest BCUT2D eigenvalue weighted by Crippen LogP contribution is 2.41. The Labute approximate surface area is 165 Å². The topological polar surface area (TPSA) is 66.8 Å². The van der Waals surface area contributed by atoms with Crippen LogP contribution in [0.5, 0.6) is 0 Å². The minimum Gasteiger partial charge on any atom is -0.315 e. The molecule has 0 saturated carbocycles. The first-order valence-corrected chi connectivity index (χ1v) is 11.2. The maximum atomic E-state index is 14.0. The first-order chi connectivity index (χ1) is 12.8. The molecule has 140 valence electrons. The Balaban J connectivity index is 1.75. The molecule has 0 N–H and O–H groups in total. The van der Waals surface area contributed by atoms with Gasteiger partial charge in [0.15, 0.2) is 15.0 Å². The number of thioether (sulfide) groups is 1. The molecule has 2 saturated heterocycles. The summed E-state index contributed by atoms with van der Waals surface area (Å²) in [5, 5.41) is 0.0894. The van der Waals surface area contributed by atoms with Crippen LogP contribution in [-0.4, -0.2) is 42.3 Å². The first kappa shape index (κ1) is 18.5. The zero-order valence-electron chi connectivity index (χ0n) is 13.9. The summed E-state index contributed by atoms with van der Waals surface area (Å²) in [6.45, 7) is 0. The standard InChI is InChI=1S/C18H14ClFN2O3S2/c19-13-7-6-12(8-14(13)20)22-15-9-27(24,25)10-16(15)26-18(22)21-17(23)11-4-2-1-3-5-11/h1-8,15-16H,9-10H2/t15-,16+/m1/s1. The van der Waals surface area contributed by atoms with E-state index in [2.05, 4.69) is 4.99 Å². The number of sulfone groups is 1. The van der Waals surface area contributed by atoms with Gasteiger partial charge < -0.3 is 4.90 Å². The van der Waals surface area contributed by atoms with Gasteiger partial charge in [-0.25, -0.2) is 12.8 Å². The second-order valence-electron chi connectivity index (χ2n) is 6.33. The van der Waals surface area contributed by atoms with Crippen LogP contribution >= 0.6 is 23.4 Å². The molecule has 2 heterocycles. The molecule has 2 atom stereocenters. The molecule has 0 aliphatic carbocycles. The molecule has 2 aliphatic rings. The van der Waals surface area contributed by atoms with Crippen LogP contribution in [0.4, 0.5) is 10.1 Å². The molecular weight excluding hydrogens is 411 g/mol. The van der Waals surface area contributed by atoms with Gasteiger partial charge in [-0.2, -0.15) is 4.99 Å². The minimum absolute atomic E-state index is 0.00739. The zero-order valence-corrected chi connectivity index (χ0v) is 16.3. The van der Waals surface area contributed by atoms with Gasteiger partial charge in [-0.05, 0) is 30.3 Å². The molecule has 4 rings (SSSR count). The fraction of sp³-hybridized carbons (Fsp3) is 0.222. The van der Waals surface area contributed by atoms with Gasteiger partial charge in [0.2, 0.25) is 0 Å². The molecular formula is C18H14ClFN2O3S2. The third-order valence-electron chi connectivity index (χ3n) is 4.47. The molecule has 9 heteroatoms. The van der Waals surface area contributed by atoms with Crippen molar-refractivity contribution in [2.75, 3.05) is 16.4 Å². The van der Waals surface area contributed by atoms with Crippen molar-refractivity contribution in [1.82, 2.24) is 0 Å². The van der Waals surface area contributed by atoms with E-state index >= 15 is 0 Å². The molecule has 2 aliphatic heterocycles. The van der Waals surface area contributed by atoms with Gasteiger partial charge in [-0.3, -0.25) is 4.79 Å². The van der Waals surface area contributed by atoms with Crippen LogP contribution in [0, 0.1) is 5.82 Å². The maximum Gasteiger partial charge on any atom is 0.279 e. The largest absolute Gasteiger partial charge is 0.315 e. The minimum atomic E-state index is -3.19. The molecule has 27 heavy (non-hydrogen) atoms. The van der Waals surface area contributed by atoms with E-state index in [0.29, 0.717) is 16.4 Å². The smallest absolute Gasteiger partial charge is 0.279 e. The normalized spacial score (nSPS) is 25.0. The van der Waals surface area contributed by atoms with Crippen LogP contribution in [-0.2, 0) is 9.84 Å². The van der Waals surface area contributed by atoms with Gasteiger partial charge in [-0.15, -0.1) is 0 Å². The number of benzene rings is 2. The number of amides is 1. The molecule has 0 spiro atoms. The number of nitrogens with zero attached hydrogens (tertiary/aromatic N) is 2. The van der Waals surface area contributed by atoms with Crippen molar-refractivity contribution < 1.29 is 17.6 Å². The molecule has 0 radical (unpaired) electrons. The third kappa shape index (κ3) is 3.61. The van der Waals surface area contributed by atoms with Gasteiger partial charge in [0.25, 0.3) is 5.91 Å². The van der Waals surface area contributed by atoms with Crippen molar-refractivity contribution in [1.29, 1.82) is 0 Å². The van der Waals surface area contributed by atoms with Gasteiger partial charge in [0.05, 0.1) is 22.6 Å². The average Bonchev–Trinajstić information content (AvgIpc) is 3.09. The quantitative estimate of drug-likeness (QED) is 0.739. The van der Waals surface area contributed by atoms with E-state index in [0.717, 1.165) is 0 Å².